The third-order valence-electron chi connectivity index (χ3n) is 3.97. The number of aliphatic imine (C=N–C) groups is 1. The van der Waals surface area contributed by atoms with Gasteiger partial charge in [0.15, 0.2) is 11.8 Å². The molecule has 0 radical (unpaired) electrons. The summed E-state index contributed by atoms with van der Waals surface area (Å²) in [4.78, 5) is 20.8. The summed E-state index contributed by atoms with van der Waals surface area (Å²) in [7, 11) is 0. The van der Waals surface area contributed by atoms with Gasteiger partial charge >= 0.3 is 6.09 Å². The van der Waals surface area contributed by atoms with Crippen molar-refractivity contribution in [2.45, 2.75) is 59.6 Å². The maximum absolute atomic E-state index is 11.7. The quantitative estimate of drug-likeness (QED) is 0.185. The molecule has 2 aromatic rings. The lowest BCUT2D eigenvalue weighted by Gasteiger charge is -2.19. The fraction of sp³-hybridized carbons (Fsp3) is 0.545. The van der Waals surface area contributed by atoms with Gasteiger partial charge in [0.05, 0.1) is 6.54 Å². The average molecular weight is 558 g/mol. The van der Waals surface area contributed by atoms with Gasteiger partial charge in [-0.15, -0.1) is 24.0 Å². The van der Waals surface area contributed by atoms with Crippen LogP contribution in [-0.4, -0.2) is 47.4 Å². The summed E-state index contributed by atoms with van der Waals surface area (Å²) in [5.41, 5.74) is 1.39. The lowest BCUT2D eigenvalue weighted by Crippen LogP contribution is -2.42. The Morgan fingerprint density at radius 2 is 1.91 bits per heavy atom. The number of nitrogens with zero attached hydrogens (tertiary/aromatic N) is 3. The molecule has 32 heavy (non-hydrogen) atoms. The summed E-state index contributed by atoms with van der Waals surface area (Å²) in [6.07, 6.45) is 1.34. The number of halogens is 1. The zero-order valence-corrected chi connectivity index (χ0v) is 21.9. The average Bonchev–Trinajstić information content (AvgIpc) is 3.17. The van der Waals surface area contributed by atoms with Crippen molar-refractivity contribution < 1.29 is 14.1 Å². The molecular formula is C22H35IN6O3. The van der Waals surface area contributed by atoms with Gasteiger partial charge in [0, 0.05) is 31.6 Å². The van der Waals surface area contributed by atoms with Crippen LogP contribution in [0.2, 0.25) is 0 Å². The zero-order chi connectivity index (χ0) is 22.7. The lowest BCUT2D eigenvalue weighted by atomic mass is 10.1. The topological polar surface area (TPSA) is 114 Å². The number of nitrogens with one attached hydrogen (secondary N) is 3. The predicted molar refractivity (Wildman–Crippen MR) is 136 cm³/mol. The first kappa shape index (κ1) is 27.7. The lowest BCUT2D eigenvalue weighted by molar-refractivity contribution is 0.0529. The van der Waals surface area contributed by atoms with Crippen LogP contribution < -0.4 is 16.0 Å². The van der Waals surface area contributed by atoms with E-state index in [1.54, 1.807) is 0 Å². The molecule has 2 rings (SSSR count). The van der Waals surface area contributed by atoms with Crippen LogP contribution in [0.5, 0.6) is 0 Å². The number of aromatic nitrogens is 2. The van der Waals surface area contributed by atoms with Gasteiger partial charge in [-0.05, 0) is 51.8 Å². The highest BCUT2D eigenvalue weighted by atomic mass is 127. The van der Waals surface area contributed by atoms with Crippen molar-refractivity contribution in [2.24, 2.45) is 4.99 Å². The number of carbonyl (C=O) groups excluding carboxylic acids is 1. The first-order valence-electron chi connectivity index (χ1n) is 10.7. The van der Waals surface area contributed by atoms with Crippen molar-refractivity contribution in [2.75, 3.05) is 19.6 Å². The molecule has 3 N–H and O–H groups in total. The Bertz CT molecular complexity index is 863. The maximum Gasteiger partial charge on any atom is 0.407 e. The molecule has 1 amide bonds. The molecule has 0 saturated carbocycles. The van der Waals surface area contributed by atoms with Crippen LogP contribution >= 0.6 is 24.0 Å². The minimum Gasteiger partial charge on any atom is -0.444 e. The van der Waals surface area contributed by atoms with Gasteiger partial charge in [-0.25, -0.2) is 9.79 Å². The Balaban J connectivity index is 0.00000512. The van der Waals surface area contributed by atoms with Gasteiger partial charge in [0.2, 0.25) is 0 Å². The number of alkyl carbamates (subject to hydrolysis) is 1. The molecule has 0 aliphatic carbocycles. The number of hydrogen-bond donors (Lipinski definition) is 3. The Labute approximate surface area is 207 Å². The van der Waals surface area contributed by atoms with E-state index in [-0.39, 0.29) is 24.0 Å². The highest BCUT2D eigenvalue weighted by Gasteiger charge is 2.15. The van der Waals surface area contributed by atoms with E-state index in [2.05, 4.69) is 38.0 Å². The number of hydrogen-bond acceptors (Lipinski definition) is 6. The van der Waals surface area contributed by atoms with E-state index < -0.39 is 11.7 Å². The molecule has 0 fully saturated rings. The SMILES string of the molecule is CCCc1noc(-c2cccc(CN=C(NCC)NCCNC(=O)OC(C)(C)C)c2)n1.I. The highest BCUT2D eigenvalue weighted by molar-refractivity contribution is 14.0. The van der Waals surface area contributed by atoms with E-state index in [4.69, 9.17) is 9.26 Å². The van der Waals surface area contributed by atoms with Crippen molar-refractivity contribution >= 4 is 36.0 Å². The monoisotopic (exact) mass is 558 g/mol. The predicted octanol–water partition coefficient (Wildman–Crippen LogP) is 3.89. The number of carbonyl (C=O) groups is 1. The van der Waals surface area contributed by atoms with Crippen molar-refractivity contribution in [3.05, 3.63) is 35.7 Å². The molecule has 0 atom stereocenters. The van der Waals surface area contributed by atoms with E-state index >= 15 is 0 Å². The van der Waals surface area contributed by atoms with Crippen LogP contribution in [0.4, 0.5) is 4.79 Å². The third-order valence-corrected chi connectivity index (χ3v) is 3.97. The molecule has 0 spiro atoms. The fourth-order valence-electron chi connectivity index (χ4n) is 2.67. The Kier molecular flexibility index (Phi) is 12.0. The molecule has 0 bridgehead atoms. The highest BCUT2D eigenvalue weighted by Crippen LogP contribution is 2.19. The summed E-state index contributed by atoms with van der Waals surface area (Å²) in [5.74, 6) is 1.91. The third kappa shape index (κ3) is 10.3. The van der Waals surface area contributed by atoms with Crippen LogP contribution in [0.3, 0.4) is 0 Å². The molecule has 9 nitrogen and oxygen atoms in total. The Hall–Kier alpha value is -2.37. The minimum atomic E-state index is -0.513. The van der Waals surface area contributed by atoms with Crippen LogP contribution in [0.25, 0.3) is 11.5 Å². The normalized spacial score (nSPS) is 11.5. The fourth-order valence-corrected chi connectivity index (χ4v) is 2.67. The molecule has 10 heteroatoms. The van der Waals surface area contributed by atoms with Gasteiger partial charge < -0.3 is 25.2 Å². The number of rotatable bonds is 9. The Morgan fingerprint density at radius 3 is 2.59 bits per heavy atom. The second-order valence-electron chi connectivity index (χ2n) is 8.02. The molecular weight excluding hydrogens is 523 g/mol. The molecule has 0 aliphatic heterocycles. The summed E-state index contributed by atoms with van der Waals surface area (Å²) in [5, 5.41) is 13.1. The summed E-state index contributed by atoms with van der Waals surface area (Å²) in [6.45, 7) is 11.7. The van der Waals surface area contributed by atoms with Crippen LogP contribution in [-0.2, 0) is 17.7 Å². The van der Waals surface area contributed by atoms with Crippen molar-refractivity contribution in [3.63, 3.8) is 0 Å². The van der Waals surface area contributed by atoms with Gasteiger partial charge in [-0.3, -0.25) is 0 Å². The van der Waals surface area contributed by atoms with Gasteiger partial charge in [0.25, 0.3) is 5.89 Å². The van der Waals surface area contributed by atoms with Crippen LogP contribution in [0.1, 0.15) is 52.4 Å². The number of aryl methyl sites for hydroxylation is 1. The van der Waals surface area contributed by atoms with E-state index in [9.17, 15) is 4.79 Å². The molecule has 0 unspecified atom stereocenters. The summed E-state index contributed by atoms with van der Waals surface area (Å²) in [6, 6.07) is 7.90. The molecule has 1 heterocycles. The molecule has 1 aromatic carbocycles. The molecule has 1 aromatic heterocycles. The van der Waals surface area contributed by atoms with Crippen LogP contribution in [0.15, 0.2) is 33.8 Å². The number of benzene rings is 1. The van der Waals surface area contributed by atoms with Gasteiger partial charge in [-0.2, -0.15) is 4.98 Å². The van der Waals surface area contributed by atoms with E-state index in [1.165, 1.54) is 0 Å². The second-order valence-corrected chi connectivity index (χ2v) is 8.02. The number of ether oxygens (including phenoxy) is 1. The van der Waals surface area contributed by atoms with Crippen molar-refractivity contribution in [3.8, 4) is 11.5 Å². The Morgan fingerprint density at radius 1 is 1.16 bits per heavy atom. The van der Waals surface area contributed by atoms with Gasteiger partial charge in [-0.1, -0.05) is 24.2 Å². The largest absolute Gasteiger partial charge is 0.444 e. The minimum absolute atomic E-state index is 0. The summed E-state index contributed by atoms with van der Waals surface area (Å²) >= 11 is 0. The first-order chi connectivity index (χ1) is 14.8. The second kappa shape index (κ2) is 13.9. The van der Waals surface area contributed by atoms with Crippen molar-refractivity contribution in [1.82, 2.24) is 26.1 Å². The maximum atomic E-state index is 11.7. The number of amides is 1. The van der Waals surface area contributed by atoms with Crippen molar-refractivity contribution in [1.29, 1.82) is 0 Å². The standard InChI is InChI=1S/C22H34N6O3.HI/c1-6-9-18-27-19(31-28-18)17-11-8-10-16(14-17)15-26-20(23-7-2)24-12-13-25-21(29)30-22(3,4)5;/h8,10-11,14H,6-7,9,12-13,15H2,1-5H3,(H,25,29)(H2,23,24,26);1H. The molecule has 0 saturated heterocycles. The summed E-state index contributed by atoms with van der Waals surface area (Å²) < 4.78 is 10.6. The molecule has 0 aliphatic rings. The first-order valence-corrected chi connectivity index (χ1v) is 10.7. The zero-order valence-electron chi connectivity index (χ0n) is 19.5. The number of guanidine groups is 1. The van der Waals surface area contributed by atoms with Gasteiger partial charge in [0.1, 0.15) is 5.60 Å². The smallest absolute Gasteiger partial charge is 0.407 e. The molecule has 178 valence electrons. The van der Waals surface area contributed by atoms with E-state index in [0.29, 0.717) is 31.5 Å². The van der Waals surface area contributed by atoms with E-state index in [0.717, 1.165) is 36.3 Å². The van der Waals surface area contributed by atoms with Crippen LogP contribution in [0, 0.1) is 0 Å². The van der Waals surface area contributed by atoms with E-state index in [1.807, 2.05) is 52.0 Å².